The summed E-state index contributed by atoms with van der Waals surface area (Å²) in [6, 6.07) is -0.427. The van der Waals surface area contributed by atoms with E-state index in [0.29, 0.717) is 12.3 Å². The third kappa shape index (κ3) is 1.29. The molecular formula is C12H18N3O2+. The van der Waals surface area contributed by atoms with Crippen molar-refractivity contribution in [3.05, 3.63) is 25.1 Å². The van der Waals surface area contributed by atoms with Gasteiger partial charge in [-0.05, 0) is 20.4 Å². The highest BCUT2D eigenvalue weighted by Crippen LogP contribution is 2.34. The molecule has 2 rings (SSSR count). The first-order valence-electron chi connectivity index (χ1n) is 5.57. The van der Waals surface area contributed by atoms with Crippen LogP contribution in [0.4, 0.5) is 0 Å². The minimum absolute atomic E-state index is 0.317. The van der Waals surface area contributed by atoms with Gasteiger partial charge < -0.3 is 0 Å². The monoisotopic (exact) mass is 236 g/mol. The second-order valence-corrected chi connectivity index (χ2v) is 4.92. The van der Waals surface area contributed by atoms with Crippen LogP contribution in [0.5, 0.6) is 0 Å². The van der Waals surface area contributed by atoms with Gasteiger partial charge in [0.25, 0.3) is 5.84 Å². The van der Waals surface area contributed by atoms with Crippen LogP contribution in [0, 0.1) is 0 Å². The van der Waals surface area contributed by atoms with Crippen molar-refractivity contribution in [2.75, 3.05) is 7.05 Å². The van der Waals surface area contributed by atoms with E-state index in [1.54, 1.807) is 10.7 Å². The minimum Gasteiger partial charge on any atom is -0.280 e. The van der Waals surface area contributed by atoms with Gasteiger partial charge in [0.15, 0.2) is 11.6 Å². The molecule has 0 aliphatic carbocycles. The highest BCUT2D eigenvalue weighted by atomic mass is 16.5. The Labute approximate surface area is 101 Å². The lowest BCUT2D eigenvalue weighted by Gasteiger charge is -2.26. The van der Waals surface area contributed by atoms with Crippen molar-refractivity contribution in [3.8, 4) is 0 Å². The van der Waals surface area contributed by atoms with Gasteiger partial charge in [-0.15, -0.1) is 6.58 Å². The molecule has 0 aromatic heterocycles. The van der Waals surface area contributed by atoms with Gasteiger partial charge in [0, 0.05) is 6.42 Å². The number of amidine groups is 1. The summed E-state index contributed by atoms with van der Waals surface area (Å²) in [5, 5.41) is 10.7. The second kappa shape index (κ2) is 3.43. The van der Waals surface area contributed by atoms with Crippen LogP contribution in [0.1, 0.15) is 20.3 Å². The second-order valence-electron chi connectivity index (χ2n) is 4.92. The molecule has 2 aliphatic rings. The number of hydroxylamine groups is 2. The number of hydrogen-bond acceptors (Lipinski definition) is 3. The van der Waals surface area contributed by atoms with Crippen molar-refractivity contribution in [3.63, 3.8) is 0 Å². The third-order valence-corrected chi connectivity index (χ3v) is 3.68. The van der Waals surface area contributed by atoms with Crippen LogP contribution < -0.4 is 0 Å². The molecule has 0 aromatic carbocycles. The predicted molar refractivity (Wildman–Crippen MR) is 63.5 cm³/mol. The largest absolute Gasteiger partial charge is 0.348 e. The first-order chi connectivity index (χ1) is 7.84. The number of rotatable bonds is 2. The highest BCUT2D eigenvalue weighted by molar-refractivity contribution is 6.05. The van der Waals surface area contributed by atoms with E-state index in [0.717, 1.165) is 10.9 Å². The highest BCUT2D eigenvalue weighted by Gasteiger charge is 2.60. The molecule has 0 fully saturated rings. The molecule has 1 atom stereocenters. The zero-order valence-corrected chi connectivity index (χ0v) is 10.5. The molecule has 2 heterocycles. The first-order valence-corrected chi connectivity index (χ1v) is 5.57. The van der Waals surface area contributed by atoms with Crippen LogP contribution in [0.2, 0.25) is 0 Å². The van der Waals surface area contributed by atoms with Gasteiger partial charge in [-0.1, -0.05) is 11.1 Å². The standard InChI is InChI=1S/C12H18N3O2/c1-6-7-9-10(16)15(17)11-12(3,4)13(5)8(2)14(9)11/h6,9,17H,1-2,7H2,3-5H3/q+1. The Balaban J connectivity index is 2.55. The van der Waals surface area contributed by atoms with Gasteiger partial charge in [0.2, 0.25) is 5.82 Å². The van der Waals surface area contributed by atoms with Crippen molar-refractivity contribution < 1.29 is 14.6 Å². The number of carbonyl (C=O) groups excluding carboxylic acids is 1. The van der Waals surface area contributed by atoms with E-state index in [2.05, 4.69) is 13.2 Å². The fourth-order valence-corrected chi connectivity index (χ4v) is 2.46. The number of hydrogen-bond donors (Lipinski definition) is 1. The quantitative estimate of drug-likeness (QED) is 0.437. The average molecular weight is 236 g/mol. The molecule has 5 nitrogen and oxygen atoms in total. The smallest absolute Gasteiger partial charge is 0.280 e. The molecular weight excluding hydrogens is 218 g/mol. The molecule has 1 unspecified atom stereocenters. The molecule has 0 spiro atoms. The lowest BCUT2D eigenvalue weighted by Crippen LogP contribution is -2.50. The summed E-state index contributed by atoms with van der Waals surface area (Å²) in [7, 11) is 1.90. The van der Waals surface area contributed by atoms with Crippen LogP contribution in [-0.2, 0) is 4.79 Å². The van der Waals surface area contributed by atoms with Crippen molar-refractivity contribution in [2.45, 2.75) is 31.8 Å². The summed E-state index contributed by atoms with van der Waals surface area (Å²) < 4.78 is 1.80. The summed E-state index contributed by atoms with van der Waals surface area (Å²) >= 11 is 0. The summed E-state index contributed by atoms with van der Waals surface area (Å²) in [5.41, 5.74) is -0.447. The van der Waals surface area contributed by atoms with Gasteiger partial charge in [0.05, 0.1) is 7.05 Å². The molecule has 1 amide bonds. The Morgan fingerprint density at radius 3 is 2.71 bits per heavy atom. The lowest BCUT2D eigenvalue weighted by molar-refractivity contribution is -0.503. The summed E-state index contributed by atoms with van der Waals surface area (Å²) in [4.78, 5) is 13.9. The van der Waals surface area contributed by atoms with Crippen LogP contribution in [-0.4, -0.2) is 50.1 Å². The van der Waals surface area contributed by atoms with E-state index in [1.165, 1.54) is 0 Å². The van der Waals surface area contributed by atoms with Gasteiger partial charge in [-0.25, -0.2) is 14.6 Å². The molecule has 0 saturated carbocycles. The van der Waals surface area contributed by atoms with Crippen LogP contribution in [0.3, 0.4) is 0 Å². The molecule has 0 saturated heterocycles. The fraction of sp³-hybridized carbons (Fsp3) is 0.500. The zero-order valence-electron chi connectivity index (χ0n) is 10.5. The average Bonchev–Trinajstić information content (AvgIpc) is 2.61. The maximum atomic E-state index is 12.0. The summed E-state index contributed by atoms with van der Waals surface area (Å²) in [6.45, 7) is 11.5. The molecule has 17 heavy (non-hydrogen) atoms. The summed E-state index contributed by atoms with van der Waals surface area (Å²) in [5.74, 6) is 0.978. The fourth-order valence-electron chi connectivity index (χ4n) is 2.46. The van der Waals surface area contributed by atoms with Crippen molar-refractivity contribution in [1.29, 1.82) is 0 Å². The maximum absolute atomic E-state index is 12.0. The number of carbonyl (C=O) groups is 1. The lowest BCUT2D eigenvalue weighted by atomic mass is 10.0. The Hall–Kier alpha value is -1.62. The maximum Gasteiger partial charge on any atom is 0.348 e. The van der Waals surface area contributed by atoms with E-state index in [4.69, 9.17) is 0 Å². The number of amides is 1. The van der Waals surface area contributed by atoms with Crippen molar-refractivity contribution in [1.82, 2.24) is 9.96 Å². The number of likely N-dealkylation sites (N-methyl/N-ethyl adjacent to an activating group) is 1. The molecule has 0 bridgehead atoms. The topological polar surface area (TPSA) is 46.8 Å². The molecule has 5 heteroatoms. The van der Waals surface area contributed by atoms with Crippen molar-refractivity contribution >= 4 is 11.7 Å². The van der Waals surface area contributed by atoms with E-state index in [-0.39, 0.29) is 5.91 Å². The molecule has 92 valence electrons. The predicted octanol–water partition coefficient (Wildman–Crippen LogP) is 0.769. The normalized spacial score (nSPS) is 26.9. The Morgan fingerprint density at radius 1 is 1.59 bits per heavy atom. The summed E-state index contributed by atoms with van der Waals surface area (Å²) in [6.07, 6.45) is 2.17. The van der Waals surface area contributed by atoms with E-state index in [1.807, 2.05) is 25.8 Å². The molecule has 0 radical (unpaired) electrons. The van der Waals surface area contributed by atoms with Crippen LogP contribution in [0.25, 0.3) is 0 Å². The van der Waals surface area contributed by atoms with Crippen molar-refractivity contribution in [2.24, 2.45) is 0 Å². The van der Waals surface area contributed by atoms with Gasteiger partial charge in [0.1, 0.15) is 0 Å². The van der Waals surface area contributed by atoms with Gasteiger partial charge in [-0.3, -0.25) is 4.90 Å². The van der Waals surface area contributed by atoms with E-state index >= 15 is 0 Å². The molecule has 2 aliphatic heterocycles. The van der Waals surface area contributed by atoms with E-state index < -0.39 is 11.6 Å². The van der Waals surface area contributed by atoms with Gasteiger partial charge in [-0.2, -0.15) is 0 Å². The Morgan fingerprint density at radius 2 is 2.18 bits per heavy atom. The Bertz CT molecular complexity index is 451. The zero-order chi connectivity index (χ0) is 13.0. The van der Waals surface area contributed by atoms with Crippen LogP contribution >= 0.6 is 0 Å². The van der Waals surface area contributed by atoms with Crippen LogP contribution in [0.15, 0.2) is 25.1 Å². The molecule has 0 aromatic rings. The SMILES string of the molecule is C=CCC1C(=O)N(O)C2=[N+]1C(=C)N(C)C2(C)C. The third-order valence-electron chi connectivity index (χ3n) is 3.68. The van der Waals surface area contributed by atoms with Gasteiger partial charge >= 0.3 is 5.91 Å². The van der Waals surface area contributed by atoms with E-state index in [9.17, 15) is 10.0 Å². The number of nitrogens with zero attached hydrogens (tertiary/aromatic N) is 3. The Kier molecular flexibility index (Phi) is 2.39. The molecule has 1 N–H and O–H groups in total. The first kappa shape index (κ1) is 11.9. The minimum atomic E-state index is -0.447.